The van der Waals surface area contributed by atoms with Crippen LogP contribution in [0, 0.1) is 0 Å². The molecule has 1 N–H and O–H groups in total. The zero-order valence-corrected chi connectivity index (χ0v) is 16.4. The van der Waals surface area contributed by atoms with E-state index in [0.717, 1.165) is 0 Å². The number of hydrogen-bond acceptors (Lipinski definition) is 5. The summed E-state index contributed by atoms with van der Waals surface area (Å²) in [5.41, 5.74) is 3.34. The lowest BCUT2D eigenvalue weighted by molar-refractivity contribution is -0.128. The third kappa shape index (κ3) is 6.07. The van der Waals surface area contributed by atoms with Crippen LogP contribution in [-0.4, -0.2) is 18.1 Å². The zero-order valence-electron chi connectivity index (χ0n) is 14.8. The fourth-order valence-electron chi connectivity index (χ4n) is 2.21. The number of nitrogens with zero attached hydrogens (tertiary/aromatic N) is 1. The molecule has 0 radical (unpaired) electrons. The van der Waals surface area contributed by atoms with E-state index in [2.05, 4.69) is 10.5 Å². The van der Waals surface area contributed by atoms with Crippen molar-refractivity contribution in [2.75, 3.05) is 0 Å². The SMILES string of the molecule is O=C(C=Cc1ccco1)Oc1ccc(C=NNC(=O)c2ccc(Cl)cc2Cl)cc1. The number of amides is 1. The normalized spacial score (nSPS) is 11.1. The van der Waals surface area contributed by atoms with E-state index in [1.54, 1.807) is 42.5 Å². The number of carbonyl (C=O) groups excluding carboxylic acids is 2. The second-order valence-corrected chi connectivity index (χ2v) is 6.51. The average molecular weight is 429 g/mol. The number of ether oxygens (including phenoxy) is 1. The molecule has 8 heteroatoms. The quantitative estimate of drug-likeness (QED) is 0.197. The topological polar surface area (TPSA) is 80.9 Å². The number of esters is 1. The molecule has 146 valence electrons. The molecule has 3 aromatic rings. The van der Waals surface area contributed by atoms with Gasteiger partial charge in [0.2, 0.25) is 0 Å². The Bertz CT molecular complexity index is 1060. The van der Waals surface area contributed by atoms with Gasteiger partial charge in [0, 0.05) is 11.1 Å². The Kier molecular flexibility index (Phi) is 6.84. The molecule has 0 fully saturated rings. The van der Waals surface area contributed by atoms with Crippen molar-refractivity contribution in [3.8, 4) is 5.75 Å². The monoisotopic (exact) mass is 428 g/mol. The second kappa shape index (κ2) is 9.73. The zero-order chi connectivity index (χ0) is 20.6. The molecule has 0 saturated heterocycles. The van der Waals surface area contributed by atoms with E-state index in [9.17, 15) is 9.59 Å². The van der Waals surface area contributed by atoms with Crippen LogP contribution in [0.4, 0.5) is 0 Å². The van der Waals surface area contributed by atoms with Crippen molar-refractivity contribution < 1.29 is 18.7 Å². The number of hydrazone groups is 1. The van der Waals surface area contributed by atoms with Gasteiger partial charge in [0.05, 0.1) is 23.1 Å². The largest absolute Gasteiger partial charge is 0.465 e. The first kappa shape index (κ1) is 20.4. The van der Waals surface area contributed by atoms with Crippen molar-refractivity contribution in [2.24, 2.45) is 5.10 Å². The number of benzene rings is 2. The van der Waals surface area contributed by atoms with Gasteiger partial charge >= 0.3 is 5.97 Å². The van der Waals surface area contributed by atoms with Crippen molar-refractivity contribution in [3.63, 3.8) is 0 Å². The van der Waals surface area contributed by atoms with Gasteiger partial charge in [-0.15, -0.1) is 0 Å². The maximum absolute atomic E-state index is 12.1. The fourth-order valence-corrected chi connectivity index (χ4v) is 2.70. The molecular formula is C21H14Cl2N2O4. The van der Waals surface area contributed by atoms with E-state index in [4.69, 9.17) is 32.4 Å². The number of halogens is 2. The van der Waals surface area contributed by atoms with Crippen LogP contribution >= 0.6 is 23.2 Å². The van der Waals surface area contributed by atoms with Crippen LogP contribution in [-0.2, 0) is 4.79 Å². The Hall–Kier alpha value is -3.35. The summed E-state index contributed by atoms with van der Waals surface area (Å²) in [6.45, 7) is 0. The van der Waals surface area contributed by atoms with Crippen molar-refractivity contribution in [1.29, 1.82) is 0 Å². The van der Waals surface area contributed by atoms with E-state index >= 15 is 0 Å². The lowest BCUT2D eigenvalue weighted by Crippen LogP contribution is -2.18. The van der Waals surface area contributed by atoms with Gasteiger partial charge in [-0.1, -0.05) is 23.2 Å². The molecule has 0 bridgehead atoms. The molecule has 0 aliphatic heterocycles. The van der Waals surface area contributed by atoms with Crippen LogP contribution in [0.25, 0.3) is 6.08 Å². The molecule has 1 amide bonds. The fraction of sp³-hybridized carbons (Fsp3) is 0. The van der Waals surface area contributed by atoms with Crippen LogP contribution in [0.1, 0.15) is 21.7 Å². The van der Waals surface area contributed by atoms with E-state index < -0.39 is 11.9 Å². The van der Waals surface area contributed by atoms with Gasteiger partial charge in [-0.3, -0.25) is 4.79 Å². The minimum Gasteiger partial charge on any atom is -0.465 e. The molecule has 6 nitrogen and oxygen atoms in total. The van der Waals surface area contributed by atoms with Gasteiger partial charge in [-0.05, 0) is 66.2 Å². The minimum atomic E-state index is -0.532. The molecule has 0 spiro atoms. The molecule has 0 aliphatic rings. The summed E-state index contributed by atoms with van der Waals surface area (Å²) in [5, 5.41) is 4.56. The standard InChI is InChI=1S/C21H14Cl2N2O4/c22-15-5-9-18(19(23)12-15)21(27)25-24-13-14-3-6-17(7-4-14)29-20(26)10-8-16-2-1-11-28-16/h1-13H,(H,25,27). The molecular weight excluding hydrogens is 415 g/mol. The Morgan fingerprint density at radius 2 is 1.86 bits per heavy atom. The number of furan rings is 1. The Labute approximate surface area is 176 Å². The number of nitrogens with one attached hydrogen (secondary N) is 1. The molecule has 0 atom stereocenters. The van der Waals surface area contributed by atoms with Gasteiger partial charge in [0.25, 0.3) is 5.91 Å². The van der Waals surface area contributed by atoms with Gasteiger partial charge in [0.15, 0.2) is 0 Å². The summed E-state index contributed by atoms with van der Waals surface area (Å²) in [6.07, 6.45) is 5.74. The molecule has 29 heavy (non-hydrogen) atoms. The predicted octanol–water partition coefficient (Wildman–Crippen LogP) is 4.97. The van der Waals surface area contributed by atoms with E-state index in [1.807, 2.05) is 0 Å². The van der Waals surface area contributed by atoms with Crippen LogP contribution in [0.15, 0.2) is 76.5 Å². The lowest BCUT2D eigenvalue weighted by atomic mass is 10.2. The average Bonchev–Trinajstić information content (AvgIpc) is 3.21. The predicted molar refractivity (Wildman–Crippen MR) is 111 cm³/mol. The van der Waals surface area contributed by atoms with E-state index in [0.29, 0.717) is 22.1 Å². The number of hydrogen-bond donors (Lipinski definition) is 1. The highest BCUT2D eigenvalue weighted by Crippen LogP contribution is 2.20. The summed E-state index contributed by atoms with van der Waals surface area (Å²) in [7, 11) is 0. The molecule has 0 aliphatic carbocycles. The summed E-state index contributed by atoms with van der Waals surface area (Å²) in [6, 6.07) is 14.6. The molecule has 1 aromatic heterocycles. The summed E-state index contributed by atoms with van der Waals surface area (Å²) >= 11 is 11.8. The van der Waals surface area contributed by atoms with Crippen LogP contribution in [0.5, 0.6) is 5.75 Å². The van der Waals surface area contributed by atoms with Gasteiger partial charge in [-0.2, -0.15) is 5.10 Å². The summed E-state index contributed by atoms with van der Waals surface area (Å²) in [4.78, 5) is 23.8. The van der Waals surface area contributed by atoms with Gasteiger partial charge in [-0.25, -0.2) is 10.2 Å². The number of rotatable bonds is 6. The Morgan fingerprint density at radius 1 is 1.07 bits per heavy atom. The minimum absolute atomic E-state index is 0.234. The van der Waals surface area contributed by atoms with Crippen molar-refractivity contribution in [3.05, 3.63) is 93.9 Å². The van der Waals surface area contributed by atoms with Crippen LogP contribution in [0.2, 0.25) is 10.0 Å². The maximum Gasteiger partial charge on any atom is 0.336 e. The lowest BCUT2D eigenvalue weighted by Gasteiger charge is -2.03. The highest BCUT2D eigenvalue weighted by atomic mass is 35.5. The second-order valence-electron chi connectivity index (χ2n) is 5.66. The first-order chi connectivity index (χ1) is 14.0. The maximum atomic E-state index is 12.1. The Balaban J connectivity index is 1.53. The molecule has 2 aromatic carbocycles. The van der Waals surface area contributed by atoms with E-state index in [-0.39, 0.29) is 10.6 Å². The number of carbonyl (C=O) groups is 2. The molecule has 0 unspecified atom stereocenters. The van der Waals surface area contributed by atoms with Crippen molar-refractivity contribution in [1.82, 2.24) is 5.43 Å². The highest BCUT2D eigenvalue weighted by molar-refractivity contribution is 6.36. The van der Waals surface area contributed by atoms with Gasteiger partial charge < -0.3 is 9.15 Å². The Morgan fingerprint density at radius 3 is 2.55 bits per heavy atom. The van der Waals surface area contributed by atoms with Gasteiger partial charge in [0.1, 0.15) is 11.5 Å². The summed E-state index contributed by atoms with van der Waals surface area (Å²) < 4.78 is 10.3. The smallest absolute Gasteiger partial charge is 0.336 e. The molecule has 0 saturated carbocycles. The van der Waals surface area contributed by atoms with Crippen LogP contribution in [0.3, 0.4) is 0 Å². The third-order valence-corrected chi connectivity index (χ3v) is 4.13. The summed E-state index contributed by atoms with van der Waals surface area (Å²) in [5.74, 6) is -0.0737. The molecule has 1 heterocycles. The highest BCUT2D eigenvalue weighted by Gasteiger charge is 2.09. The van der Waals surface area contributed by atoms with E-state index in [1.165, 1.54) is 36.8 Å². The van der Waals surface area contributed by atoms with Crippen molar-refractivity contribution >= 4 is 47.4 Å². The van der Waals surface area contributed by atoms with Crippen LogP contribution < -0.4 is 10.2 Å². The first-order valence-corrected chi connectivity index (χ1v) is 9.09. The molecule has 3 rings (SSSR count). The third-order valence-electron chi connectivity index (χ3n) is 3.58. The van der Waals surface area contributed by atoms with Crippen molar-refractivity contribution in [2.45, 2.75) is 0 Å². The first-order valence-electron chi connectivity index (χ1n) is 8.33.